The molecule has 0 radical (unpaired) electrons. The Balaban J connectivity index is 2.23. The van der Waals surface area contributed by atoms with E-state index in [0.717, 1.165) is 5.56 Å². The van der Waals surface area contributed by atoms with Crippen LogP contribution in [0.5, 0.6) is 0 Å². The van der Waals surface area contributed by atoms with Crippen molar-refractivity contribution in [3.05, 3.63) is 24.0 Å². The highest BCUT2D eigenvalue weighted by Crippen LogP contribution is 2.32. The summed E-state index contributed by atoms with van der Waals surface area (Å²) >= 11 is 0. The number of nitrogens with zero attached hydrogens (tertiary/aromatic N) is 2. The van der Waals surface area contributed by atoms with E-state index in [1.807, 2.05) is 20.8 Å². The number of carbonyl (C=O) groups is 1. The van der Waals surface area contributed by atoms with Crippen LogP contribution >= 0.6 is 0 Å². The lowest BCUT2D eigenvalue weighted by Crippen LogP contribution is -2.41. The van der Waals surface area contributed by atoms with Gasteiger partial charge >= 0.3 is 6.09 Å². The summed E-state index contributed by atoms with van der Waals surface area (Å²) in [5.74, 6) is 0. The molecular weight excluding hydrogens is 218 g/mol. The van der Waals surface area contributed by atoms with Crippen LogP contribution in [0.25, 0.3) is 0 Å². The molecular formula is C12H17N3O2. The summed E-state index contributed by atoms with van der Waals surface area (Å²) in [4.78, 5) is 17.4. The van der Waals surface area contributed by atoms with Gasteiger partial charge in [0.2, 0.25) is 0 Å². The number of rotatable bonds is 1. The van der Waals surface area contributed by atoms with Gasteiger partial charge < -0.3 is 10.5 Å². The van der Waals surface area contributed by atoms with Crippen LogP contribution in [0.3, 0.4) is 0 Å². The number of anilines is 1. The predicted molar refractivity (Wildman–Crippen MR) is 64.3 cm³/mol. The van der Waals surface area contributed by atoms with Gasteiger partial charge in [-0.15, -0.1) is 0 Å². The van der Waals surface area contributed by atoms with Crippen LogP contribution in [-0.2, 0) is 4.74 Å². The summed E-state index contributed by atoms with van der Waals surface area (Å²) in [7, 11) is 0. The van der Waals surface area contributed by atoms with Crippen molar-refractivity contribution in [2.45, 2.75) is 32.4 Å². The highest BCUT2D eigenvalue weighted by molar-refractivity contribution is 5.71. The third-order valence-corrected chi connectivity index (χ3v) is 2.86. The molecule has 1 aliphatic rings. The summed E-state index contributed by atoms with van der Waals surface area (Å²) in [6.45, 7) is 6.46. The Kier molecular flexibility index (Phi) is 2.69. The number of hydrogen-bond acceptors (Lipinski definition) is 4. The summed E-state index contributed by atoms with van der Waals surface area (Å²) in [5.41, 5.74) is 6.96. The average molecular weight is 235 g/mol. The first-order chi connectivity index (χ1) is 7.89. The Morgan fingerprint density at radius 2 is 2.24 bits per heavy atom. The number of hydrogen-bond donors (Lipinski definition) is 1. The Hall–Kier alpha value is -1.78. The molecule has 17 heavy (non-hydrogen) atoms. The third kappa shape index (κ3) is 2.18. The summed E-state index contributed by atoms with van der Waals surface area (Å²) in [5, 5.41) is 0. The van der Waals surface area contributed by atoms with E-state index in [1.165, 1.54) is 0 Å². The SMILES string of the molecule is CC(C)(C)N1CC(c2ccncc2N)OC1=O. The smallest absolute Gasteiger partial charge is 0.411 e. The second kappa shape index (κ2) is 3.91. The molecule has 5 heteroatoms. The Bertz CT molecular complexity index is 440. The first kappa shape index (κ1) is 11.7. The van der Waals surface area contributed by atoms with E-state index >= 15 is 0 Å². The van der Waals surface area contributed by atoms with Crippen molar-refractivity contribution in [1.29, 1.82) is 0 Å². The predicted octanol–water partition coefficient (Wildman–Crippen LogP) is 1.96. The van der Waals surface area contributed by atoms with E-state index in [9.17, 15) is 4.79 Å². The van der Waals surface area contributed by atoms with Gasteiger partial charge in [-0.2, -0.15) is 0 Å². The largest absolute Gasteiger partial charge is 0.439 e. The van der Waals surface area contributed by atoms with Crippen molar-refractivity contribution in [2.75, 3.05) is 12.3 Å². The van der Waals surface area contributed by atoms with Crippen molar-refractivity contribution in [3.63, 3.8) is 0 Å². The van der Waals surface area contributed by atoms with E-state index in [4.69, 9.17) is 10.5 Å². The fourth-order valence-corrected chi connectivity index (χ4v) is 1.88. The van der Waals surface area contributed by atoms with Gasteiger partial charge in [-0.25, -0.2) is 4.79 Å². The second-order valence-electron chi connectivity index (χ2n) is 5.16. The maximum atomic E-state index is 11.8. The normalized spacial score (nSPS) is 20.5. The maximum absolute atomic E-state index is 11.8. The zero-order chi connectivity index (χ0) is 12.6. The third-order valence-electron chi connectivity index (χ3n) is 2.86. The minimum Gasteiger partial charge on any atom is -0.439 e. The lowest BCUT2D eigenvalue weighted by atomic mass is 10.0. The number of carbonyl (C=O) groups excluding carboxylic acids is 1. The molecule has 1 unspecified atom stereocenters. The van der Waals surface area contributed by atoms with E-state index in [-0.39, 0.29) is 17.7 Å². The van der Waals surface area contributed by atoms with Gasteiger partial charge in [0.05, 0.1) is 18.4 Å². The van der Waals surface area contributed by atoms with Crippen LogP contribution in [0.1, 0.15) is 32.4 Å². The van der Waals surface area contributed by atoms with E-state index < -0.39 is 0 Å². The van der Waals surface area contributed by atoms with E-state index in [2.05, 4.69) is 4.98 Å². The van der Waals surface area contributed by atoms with Gasteiger partial charge in [0.25, 0.3) is 0 Å². The monoisotopic (exact) mass is 235 g/mol. The Morgan fingerprint density at radius 3 is 2.76 bits per heavy atom. The molecule has 1 fully saturated rings. The van der Waals surface area contributed by atoms with Crippen LogP contribution < -0.4 is 5.73 Å². The zero-order valence-corrected chi connectivity index (χ0v) is 10.3. The van der Waals surface area contributed by atoms with Crippen LogP contribution in [0.4, 0.5) is 10.5 Å². The number of amides is 1. The summed E-state index contributed by atoms with van der Waals surface area (Å²) in [6, 6.07) is 1.79. The topological polar surface area (TPSA) is 68.5 Å². The maximum Gasteiger partial charge on any atom is 0.411 e. The number of cyclic esters (lactones) is 1. The molecule has 0 aliphatic carbocycles. The lowest BCUT2D eigenvalue weighted by Gasteiger charge is -2.29. The Labute approximate surface area is 101 Å². The number of ether oxygens (including phenoxy) is 1. The fourth-order valence-electron chi connectivity index (χ4n) is 1.88. The standard InChI is InChI=1S/C12H17N3O2/c1-12(2,3)15-7-10(17-11(15)16)8-4-5-14-6-9(8)13/h4-6,10H,7,13H2,1-3H3. The zero-order valence-electron chi connectivity index (χ0n) is 10.3. The van der Waals surface area contributed by atoms with E-state index in [0.29, 0.717) is 12.2 Å². The Morgan fingerprint density at radius 1 is 1.53 bits per heavy atom. The molecule has 1 saturated heterocycles. The molecule has 0 aromatic carbocycles. The van der Waals surface area contributed by atoms with Crippen molar-refractivity contribution in [3.8, 4) is 0 Å². The van der Waals surface area contributed by atoms with Crippen LogP contribution in [0, 0.1) is 0 Å². The summed E-state index contributed by atoms with van der Waals surface area (Å²) in [6.07, 6.45) is 2.63. The molecule has 0 saturated carbocycles. The highest BCUT2D eigenvalue weighted by atomic mass is 16.6. The van der Waals surface area contributed by atoms with Crippen LogP contribution in [0.15, 0.2) is 18.5 Å². The van der Waals surface area contributed by atoms with Crippen molar-refractivity contribution in [2.24, 2.45) is 0 Å². The van der Waals surface area contributed by atoms with Gasteiger partial charge in [-0.3, -0.25) is 9.88 Å². The van der Waals surface area contributed by atoms with Crippen molar-refractivity contribution in [1.82, 2.24) is 9.88 Å². The molecule has 2 heterocycles. The molecule has 2 rings (SSSR count). The molecule has 92 valence electrons. The number of aromatic nitrogens is 1. The minimum atomic E-state index is -0.301. The highest BCUT2D eigenvalue weighted by Gasteiger charge is 2.39. The molecule has 1 amide bonds. The molecule has 1 aromatic rings. The van der Waals surface area contributed by atoms with Crippen molar-refractivity contribution >= 4 is 11.8 Å². The van der Waals surface area contributed by atoms with Crippen LogP contribution in [0.2, 0.25) is 0 Å². The molecule has 1 aromatic heterocycles. The van der Waals surface area contributed by atoms with Gasteiger partial charge in [-0.05, 0) is 26.8 Å². The number of pyridine rings is 1. The van der Waals surface area contributed by atoms with Gasteiger partial charge in [0.15, 0.2) is 0 Å². The van der Waals surface area contributed by atoms with Gasteiger partial charge in [-0.1, -0.05) is 0 Å². The quantitative estimate of drug-likeness (QED) is 0.807. The molecule has 2 N–H and O–H groups in total. The summed E-state index contributed by atoms with van der Waals surface area (Å²) < 4.78 is 5.35. The lowest BCUT2D eigenvalue weighted by molar-refractivity contribution is 0.120. The number of nitrogen functional groups attached to an aromatic ring is 1. The van der Waals surface area contributed by atoms with Crippen molar-refractivity contribution < 1.29 is 9.53 Å². The van der Waals surface area contributed by atoms with E-state index in [1.54, 1.807) is 23.4 Å². The average Bonchev–Trinajstić information content (AvgIpc) is 2.60. The first-order valence-electron chi connectivity index (χ1n) is 5.57. The number of nitrogens with two attached hydrogens (primary N) is 1. The molecule has 1 aliphatic heterocycles. The van der Waals surface area contributed by atoms with Crippen LogP contribution in [-0.4, -0.2) is 28.1 Å². The molecule has 0 spiro atoms. The van der Waals surface area contributed by atoms with Gasteiger partial charge in [0.1, 0.15) is 6.10 Å². The molecule has 1 atom stereocenters. The first-order valence-corrected chi connectivity index (χ1v) is 5.57. The molecule has 0 bridgehead atoms. The second-order valence-corrected chi connectivity index (χ2v) is 5.16. The van der Waals surface area contributed by atoms with Gasteiger partial charge in [0, 0.05) is 17.3 Å². The fraction of sp³-hybridized carbons (Fsp3) is 0.500. The molecule has 5 nitrogen and oxygen atoms in total. The minimum absolute atomic E-state index is 0.242.